The van der Waals surface area contributed by atoms with Gasteiger partial charge in [0.1, 0.15) is 17.2 Å². The van der Waals surface area contributed by atoms with E-state index in [1.54, 1.807) is 0 Å². The molecule has 0 atom stereocenters. The molecule has 2 aromatic heterocycles. The van der Waals surface area contributed by atoms with Crippen LogP contribution in [0.3, 0.4) is 0 Å². The van der Waals surface area contributed by atoms with Gasteiger partial charge < -0.3 is 14.2 Å². The normalized spacial score (nSPS) is 12.3. The standard InChI is InChI=1S/C16H8Cl2F5N3O3/c1-6-4-10(26-29-6)13-24-12(15(19,20)16(21,22)23)11(14(27)25-13)28-7-2-3-8(17)9(18)5-7/h2-5H,1H3,(H,24,25,27). The van der Waals surface area contributed by atoms with Crippen molar-refractivity contribution in [2.75, 3.05) is 0 Å². The summed E-state index contributed by atoms with van der Waals surface area (Å²) in [6.07, 6.45) is -6.06. The Morgan fingerprint density at radius 2 is 1.79 bits per heavy atom. The van der Waals surface area contributed by atoms with Gasteiger partial charge in [-0.2, -0.15) is 22.0 Å². The lowest BCUT2D eigenvalue weighted by molar-refractivity contribution is -0.291. The molecule has 0 aliphatic heterocycles. The molecule has 2 heterocycles. The van der Waals surface area contributed by atoms with Gasteiger partial charge in [0.25, 0.3) is 5.56 Å². The highest BCUT2D eigenvalue weighted by Gasteiger charge is 2.62. The van der Waals surface area contributed by atoms with Crippen LogP contribution in [0, 0.1) is 6.92 Å². The molecule has 0 bridgehead atoms. The highest BCUT2D eigenvalue weighted by molar-refractivity contribution is 6.42. The van der Waals surface area contributed by atoms with Crippen LogP contribution in [0.25, 0.3) is 11.5 Å². The molecule has 29 heavy (non-hydrogen) atoms. The molecule has 0 radical (unpaired) electrons. The van der Waals surface area contributed by atoms with Crippen molar-refractivity contribution in [1.29, 1.82) is 0 Å². The molecule has 1 aromatic carbocycles. The number of benzene rings is 1. The lowest BCUT2D eigenvalue weighted by atomic mass is 10.2. The van der Waals surface area contributed by atoms with E-state index in [-0.39, 0.29) is 27.2 Å². The Morgan fingerprint density at radius 1 is 1.10 bits per heavy atom. The third-order valence-corrected chi connectivity index (χ3v) is 4.25. The second-order valence-electron chi connectivity index (χ2n) is 5.67. The molecule has 0 amide bonds. The molecule has 0 unspecified atom stereocenters. The van der Waals surface area contributed by atoms with Crippen molar-refractivity contribution in [2.24, 2.45) is 0 Å². The van der Waals surface area contributed by atoms with E-state index in [2.05, 4.69) is 10.1 Å². The number of hydrogen-bond donors (Lipinski definition) is 1. The van der Waals surface area contributed by atoms with E-state index in [4.69, 9.17) is 32.5 Å². The van der Waals surface area contributed by atoms with Crippen molar-refractivity contribution in [2.45, 2.75) is 19.0 Å². The van der Waals surface area contributed by atoms with E-state index in [0.29, 0.717) is 0 Å². The first-order valence-corrected chi connectivity index (χ1v) is 8.31. The minimum Gasteiger partial charge on any atom is -0.449 e. The maximum Gasteiger partial charge on any atom is 0.459 e. The number of H-pyrrole nitrogens is 1. The Hall–Kier alpha value is -2.66. The summed E-state index contributed by atoms with van der Waals surface area (Å²) >= 11 is 11.5. The molecule has 0 aliphatic rings. The molecule has 1 N–H and O–H groups in total. The lowest BCUT2D eigenvalue weighted by Gasteiger charge is -2.21. The van der Waals surface area contributed by atoms with Crippen LogP contribution in [0.1, 0.15) is 11.5 Å². The van der Waals surface area contributed by atoms with Gasteiger partial charge in [-0.1, -0.05) is 28.4 Å². The van der Waals surface area contributed by atoms with Gasteiger partial charge in [-0.05, 0) is 19.1 Å². The SMILES string of the molecule is Cc1cc(-c2nc(C(F)(F)C(F)(F)F)c(Oc3ccc(Cl)c(Cl)c3)c(=O)[nH]2)no1. The largest absolute Gasteiger partial charge is 0.459 e. The Bertz CT molecular complexity index is 1130. The molecule has 6 nitrogen and oxygen atoms in total. The number of aromatic amines is 1. The Balaban J connectivity index is 2.21. The van der Waals surface area contributed by atoms with Crippen molar-refractivity contribution >= 4 is 23.2 Å². The second kappa shape index (κ2) is 7.30. The predicted octanol–water partition coefficient (Wildman–Crippen LogP) is 5.49. The Kier molecular flexibility index (Phi) is 5.30. The van der Waals surface area contributed by atoms with Crippen LogP contribution in [0.2, 0.25) is 10.0 Å². The topological polar surface area (TPSA) is 81.0 Å². The van der Waals surface area contributed by atoms with Gasteiger partial charge in [-0.15, -0.1) is 0 Å². The van der Waals surface area contributed by atoms with Crippen LogP contribution in [-0.4, -0.2) is 21.3 Å². The van der Waals surface area contributed by atoms with E-state index in [1.807, 2.05) is 4.98 Å². The third-order valence-electron chi connectivity index (χ3n) is 3.51. The van der Waals surface area contributed by atoms with Crippen LogP contribution >= 0.6 is 23.2 Å². The smallest absolute Gasteiger partial charge is 0.449 e. The monoisotopic (exact) mass is 455 g/mol. The molecule has 13 heteroatoms. The van der Waals surface area contributed by atoms with Gasteiger partial charge >= 0.3 is 12.1 Å². The minimum absolute atomic E-state index is 0.0728. The van der Waals surface area contributed by atoms with Crippen LogP contribution in [0.5, 0.6) is 11.5 Å². The molecule has 3 rings (SSSR count). The highest BCUT2D eigenvalue weighted by atomic mass is 35.5. The van der Waals surface area contributed by atoms with Gasteiger partial charge in [0.05, 0.1) is 10.0 Å². The van der Waals surface area contributed by atoms with Gasteiger partial charge in [0.15, 0.2) is 11.5 Å². The summed E-state index contributed by atoms with van der Waals surface area (Å²) in [6.45, 7) is 1.45. The first-order chi connectivity index (χ1) is 13.4. The van der Waals surface area contributed by atoms with Gasteiger partial charge in [0.2, 0.25) is 5.75 Å². The van der Waals surface area contributed by atoms with Crippen molar-refractivity contribution in [1.82, 2.24) is 15.1 Å². The fourth-order valence-electron chi connectivity index (χ4n) is 2.16. The molecule has 0 aliphatic carbocycles. The molecule has 0 spiro atoms. The van der Waals surface area contributed by atoms with Crippen molar-refractivity contribution in [3.8, 4) is 23.0 Å². The third kappa shape index (κ3) is 4.06. The van der Waals surface area contributed by atoms with Crippen LogP contribution in [0.15, 0.2) is 33.6 Å². The summed E-state index contributed by atoms with van der Waals surface area (Å²) in [5.41, 5.74) is -3.60. The second-order valence-corrected chi connectivity index (χ2v) is 6.48. The molecular weight excluding hydrogens is 448 g/mol. The number of aromatic nitrogens is 3. The maximum absolute atomic E-state index is 14.1. The fourth-order valence-corrected chi connectivity index (χ4v) is 2.45. The van der Waals surface area contributed by atoms with E-state index >= 15 is 0 Å². The van der Waals surface area contributed by atoms with Gasteiger partial charge in [-0.3, -0.25) is 4.79 Å². The quantitative estimate of drug-likeness (QED) is 0.526. The number of hydrogen-bond acceptors (Lipinski definition) is 5. The molecule has 0 fully saturated rings. The van der Waals surface area contributed by atoms with Crippen molar-refractivity contribution in [3.63, 3.8) is 0 Å². The van der Waals surface area contributed by atoms with E-state index in [9.17, 15) is 26.7 Å². The molecule has 3 aromatic rings. The van der Waals surface area contributed by atoms with Gasteiger partial charge in [-0.25, -0.2) is 4.98 Å². The molecule has 154 valence electrons. The number of aryl methyl sites for hydroxylation is 1. The zero-order valence-corrected chi connectivity index (χ0v) is 15.6. The molecular formula is C16H8Cl2F5N3O3. The molecule has 0 saturated carbocycles. The summed E-state index contributed by atoms with van der Waals surface area (Å²) in [5.74, 6) is -7.64. The average Bonchev–Trinajstić information content (AvgIpc) is 3.05. The predicted molar refractivity (Wildman–Crippen MR) is 91.6 cm³/mol. The summed E-state index contributed by atoms with van der Waals surface area (Å²) in [4.78, 5) is 17.6. The summed E-state index contributed by atoms with van der Waals surface area (Å²) in [7, 11) is 0. The van der Waals surface area contributed by atoms with Gasteiger partial charge in [0, 0.05) is 12.1 Å². The first kappa shape index (κ1) is 21.1. The number of nitrogens with zero attached hydrogens (tertiary/aromatic N) is 2. The number of ether oxygens (including phenoxy) is 1. The van der Waals surface area contributed by atoms with Crippen molar-refractivity contribution in [3.05, 3.63) is 56.1 Å². The fraction of sp³-hybridized carbons (Fsp3) is 0.188. The van der Waals surface area contributed by atoms with E-state index < -0.39 is 34.9 Å². The minimum atomic E-state index is -6.06. The summed E-state index contributed by atoms with van der Waals surface area (Å²) < 4.78 is 77.0. The highest BCUT2D eigenvalue weighted by Crippen LogP contribution is 2.46. The van der Waals surface area contributed by atoms with Crippen molar-refractivity contribution < 1.29 is 31.2 Å². The lowest BCUT2D eigenvalue weighted by Crippen LogP contribution is -2.36. The summed E-state index contributed by atoms with van der Waals surface area (Å²) in [5, 5.41) is 3.44. The Morgan fingerprint density at radius 3 is 2.34 bits per heavy atom. The zero-order valence-electron chi connectivity index (χ0n) is 14.1. The van der Waals surface area contributed by atoms with Crippen LogP contribution in [0.4, 0.5) is 22.0 Å². The van der Waals surface area contributed by atoms with Crippen LogP contribution in [-0.2, 0) is 5.92 Å². The average molecular weight is 456 g/mol. The van der Waals surface area contributed by atoms with E-state index in [0.717, 1.165) is 12.1 Å². The number of alkyl halides is 5. The number of rotatable bonds is 4. The summed E-state index contributed by atoms with van der Waals surface area (Å²) in [6, 6.07) is 4.55. The zero-order chi connectivity index (χ0) is 21.6. The van der Waals surface area contributed by atoms with E-state index in [1.165, 1.54) is 19.1 Å². The van der Waals surface area contributed by atoms with Crippen LogP contribution < -0.4 is 10.3 Å². The first-order valence-electron chi connectivity index (χ1n) is 7.56. The Labute approximate surface area is 168 Å². The molecule has 0 saturated heterocycles. The number of halogens is 7. The number of nitrogens with one attached hydrogen (secondary N) is 1. The maximum atomic E-state index is 14.1.